The minimum absolute atomic E-state index is 0.0665. The zero-order chi connectivity index (χ0) is 17.4. The van der Waals surface area contributed by atoms with Gasteiger partial charge < -0.3 is 14.6 Å². The zero-order valence-electron chi connectivity index (χ0n) is 13.4. The monoisotopic (exact) mass is 350 g/mol. The summed E-state index contributed by atoms with van der Waals surface area (Å²) in [5.74, 6) is 0.564. The van der Waals surface area contributed by atoms with E-state index in [9.17, 15) is 13.2 Å². The van der Waals surface area contributed by atoms with E-state index < -0.39 is 21.3 Å². The molecule has 0 aliphatic carbocycles. The first-order valence-corrected chi connectivity index (χ1v) is 9.27. The van der Waals surface area contributed by atoms with Crippen molar-refractivity contribution in [2.24, 2.45) is 0 Å². The molecule has 1 aliphatic heterocycles. The second-order valence-electron chi connectivity index (χ2n) is 6.13. The molecule has 1 aliphatic rings. The number of rotatable bonds is 4. The standard InChI is InChI=1S/C16H18N2O5S/c1-16(7-8-24(20,21)10-16)17-15(19)12-9-14(23-18-12)11-5-3-4-6-13(11)22-2/h3-6,9H,7-8,10H2,1-2H3,(H,17,19)/t16-/m1/s1. The summed E-state index contributed by atoms with van der Waals surface area (Å²) < 4.78 is 33.8. The number of amides is 1. The van der Waals surface area contributed by atoms with Gasteiger partial charge in [0.2, 0.25) is 0 Å². The summed E-state index contributed by atoms with van der Waals surface area (Å²) in [6.45, 7) is 1.72. The number of hydrogen-bond donors (Lipinski definition) is 1. The maximum Gasteiger partial charge on any atom is 0.273 e. The van der Waals surface area contributed by atoms with E-state index in [0.717, 1.165) is 0 Å². The highest BCUT2D eigenvalue weighted by Crippen LogP contribution is 2.30. The number of nitrogens with zero attached hydrogens (tertiary/aromatic N) is 1. The summed E-state index contributed by atoms with van der Waals surface area (Å²) in [6, 6.07) is 8.74. The summed E-state index contributed by atoms with van der Waals surface area (Å²) >= 11 is 0. The molecule has 3 rings (SSSR count). The molecule has 1 N–H and O–H groups in total. The second-order valence-corrected chi connectivity index (χ2v) is 8.32. The summed E-state index contributed by atoms with van der Waals surface area (Å²) in [6.07, 6.45) is 0.387. The first kappa shape index (κ1) is 16.5. The number of benzene rings is 1. The average molecular weight is 350 g/mol. The quantitative estimate of drug-likeness (QED) is 0.900. The second kappa shape index (κ2) is 5.94. The number of ether oxygens (including phenoxy) is 1. The fourth-order valence-corrected chi connectivity index (χ4v) is 4.90. The highest BCUT2D eigenvalue weighted by atomic mass is 32.2. The van der Waals surface area contributed by atoms with E-state index in [2.05, 4.69) is 10.5 Å². The summed E-state index contributed by atoms with van der Waals surface area (Å²) in [7, 11) is -1.56. The molecule has 2 aromatic rings. The van der Waals surface area contributed by atoms with Crippen LogP contribution in [0.3, 0.4) is 0 Å². The number of methoxy groups -OCH3 is 1. The van der Waals surface area contributed by atoms with Gasteiger partial charge in [-0.2, -0.15) is 0 Å². The van der Waals surface area contributed by atoms with Crippen LogP contribution in [0.5, 0.6) is 5.75 Å². The summed E-state index contributed by atoms with van der Waals surface area (Å²) in [5, 5.41) is 6.53. The Morgan fingerprint density at radius 1 is 1.38 bits per heavy atom. The summed E-state index contributed by atoms with van der Waals surface area (Å²) in [4.78, 5) is 12.4. The lowest BCUT2D eigenvalue weighted by molar-refractivity contribution is 0.0906. The Hall–Kier alpha value is -2.35. The number of carbonyl (C=O) groups excluding carboxylic acids is 1. The van der Waals surface area contributed by atoms with Crippen molar-refractivity contribution in [2.45, 2.75) is 18.9 Å². The van der Waals surface area contributed by atoms with Crippen molar-refractivity contribution < 1.29 is 22.5 Å². The lowest BCUT2D eigenvalue weighted by Crippen LogP contribution is -2.47. The third-order valence-electron chi connectivity index (χ3n) is 4.03. The molecule has 0 bridgehead atoms. The van der Waals surface area contributed by atoms with Gasteiger partial charge in [-0.15, -0.1) is 0 Å². The van der Waals surface area contributed by atoms with E-state index in [4.69, 9.17) is 9.26 Å². The molecule has 1 fully saturated rings. The molecule has 8 heteroatoms. The number of carbonyl (C=O) groups is 1. The molecule has 1 aromatic carbocycles. The van der Waals surface area contributed by atoms with Crippen LogP contribution in [-0.2, 0) is 9.84 Å². The predicted octanol–water partition coefficient (Wildman–Crippen LogP) is 1.66. The van der Waals surface area contributed by atoms with Crippen molar-refractivity contribution in [3.63, 3.8) is 0 Å². The molecular weight excluding hydrogens is 332 g/mol. The van der Waals surface area contributed by atoms with Crippen LogP contribution in [0.15, 0.2) is 34.9 Å². The van der Waals surface area contributed by atoms with Gasteiger partial charge in [-0.25, -0.2) is 8.42 Å². The van der Waals surface area contributed by atoms with Crippen LogP contribution in [0.4, 0.5) is 0 Å². The fourth-order valence-electron chi connectivity index (χ4n) is 2.80. The molecular formula is C16H18N2O5S. The highest BCUT2D eigenvalue weighted by Gasteiger charge is 2.40. The number of sulfone groups is 1. The van der Waals surface area contributed by atoms with Crippen LogP contribution < -0.4 is 10.1 Å². The van der Waals surface area contributed by atoms with Gasteiger partial charge in [0.25, 0.3) is 5.91 Å². The fraction of sp³-hybridized carbons (Fsp3) is 0.375. The minimum atomic E-state index is -3.10. The lowest BCUT2D eigenvalue weighted by atomic mass is 10.0. The van der Waals surface area contributed by atoms with E-state index >= 15 is 0 Å². The molecule has 0 unspecified atom stereocenters. The van der Waals surface area contributed by atoms with Gasteiger partial charge in [0.05, 0.1) is 29.7 Å². The Balaban J connectivity index is 1.80. The van der Waals surface area contributed by atoms with Gasteiger partial charge in [0, 0.05) is 6.07 Å². The van der Waals surface area contributed by atoms with E-state index in [-0.39, 0.29) is 17.2 Å². The first-order chi connectivity index (χ1) is 11.3. The van der Waals surface area contributed by atoms with Crippen LogP contribution in [0.2, 0.25) is 0 Å². The van der Waals surface area contributed by atoms with Gasteiger partial charge in [-0.05, 0) is 25.5 Å². The van der Waals surface area contributed by atoms with Crippen molar-refractivity contribution >= 4 is 15.7 Å². The van der Waals surface area contributed by atoms with Crippen molar-refractivity contribution in [1.82, 2.24) is 10.5 Å². The number of nitrogens with one attached hydrogen (secondary N) is 1. The number of aromatic nitrogens is 1. The smallest absolute Gasteiger partial charge is 0.273 e. The lowest BCUT2D eigenvalue weighted by Gasteiger charge is -2.22. The molecule has 7 nitrogen and oxygen atoms in total. The van der Waals surface area contributed by atoms with Gasteiger partial charge in [0.15, 0.2) is 21.3 Å². The van der Waals surface area contributed by atoms with Gasteiger partial charge in [-0.1, -0.05) is 17.3 Å². The number of para-hydroxylation sites is 1. The van der Waals surface area contributed by atoms with E-state index in [1.54, 1.807) is 26.2 Å². The van der Waals surface area contributed by atoms with Crippen LogP contribution in [-0.4, -0.2) is 43.6 Å². The van der Waals surface area contributed by atoms with Crippen LogP contribution in [0, 0.1) is 0 Å². The molecule has 1 aromatic heterocycles. The number of hydrogen-bond acceptors (Lipinski definition) is 6. The largest absolute Gasteiger partial charge is 0.496 e. The molecule has 2 heterocycles. The van der Waals surface area contributed by atoms with Crippen molar-refractivity contribution in [3.8, 4) is 17.1 Å². The molecule has 24 heavy (non-hydrogen) atoms. The molecule has 1 atom stereocenters. The Bertz CT molecular complexity index is 874. The van der Waals surface area contributed by atoms with Crippen molar-refractivity contribution in [1.29, 1.82) is 0 Å². The highest BCUT2D eigenvalue weighted by molar-refractivity contribution is 7.91. The van der Waals surface area contributed by atoms with Crippen LogP contribution in [0.25, 0.3) is 11.3 Å². The topological polar surface area (TPSA) is 98.5 Å². The molecule has 0 spiro atoms. The van der Waals surface area contributed by atoms with E-state index in [1.165, 1.54) is 6.07 Å². The zero-order valence-corrected chi connectivity index (χ0v) is 14.2. The Morgan fingerprint density at radius 3 is 2.79 bits per heavy atom. The summed E-state index contributed by atoms with van der Waals surface area (Å²) in [5.41, 5.74) is 0.00191. The Kier molecular flexibility index (Phi) is 4.08. The van der Waals surface area contributed by atoms with Crippen LogP contribution in [0.1, 0.15) is 23.8 Å². The molecule has 1 amide bonds. The van der Waals surface area contributed by atoms with Gasteiger partial charge >= 0.3 is 0 Å². The predicted molar refractivity (Wildman–Crippen MR) is 87.6 cm³/mol. The van der Waals surface area contributed by atoms with Crippen molar-refractivity contribution in [3.05, 3.63) is 36.0 Å². The Morgan fingerprint density at radius 2 is 2.12 bits per heavy atom. The maximum absolute atomic E-state index is 12.4. The third-order valence-corrected chi connectivity index (χ3v) is 5.94. The molecule has 1 saturated heterocycles. The van der Waals surface area contributed by atoms with E-state index in [1.807, 2.05) is 12.1 Å². The molecule has 0 radical (unpaired) electrons. The van der Waals surface area contributed by atoms with Gasteiger partial charge in [0.1, 0.15) is 5.75 Å². The molecule has 0 saturated carbocycles. The Labute approximate surface area is 139 Å². The van der Waals surface area contributed by atoms with E-state index in [0.29, 0.717) is 23.5 Å². The normalized spacial score (nSPS) is 22.2. The maximum atomic E-state index is 12.4. The average Bonchev–Trinajstić information content (AvgIpc) is 3.12. The first-order valence-electron chi connectivity index (χ1n) is 7.45. The SMILES string of the molecule is COc1ccccc1-c1cc(C(=O)N[C@]2(C)CCS(=O)(=O)C2)no1. The minimum Gasteiger partial charge on any atom is -0.496 e. The van der Waals surface area contributed by atoms with Crippen molar-refractivity contribution in [2.75, 3.05) is 18.6 Å². The van der Waals surface area contributed by atoms with Crippen LogP contribution >= 0.6 is 0 Å². The van der Waals surface area contributed by atoms with Gasteiger partial charge in [-0.3, -0.25) is 4.79 Å². The third kappa shape index (κ3) is 3.28. The molecule has 128 valence electrons.